The monoisotopic (exact) mass is 215 g/mol. The van der Waals surface area contributed by atoms with Gasteiger partial charge in [0.1, 0.15) is 5.76 Å². The zero-order chi connectivity index (χ0) is 11.7. The van der Waals surface area contributed by atoms with Gasteiger partial charge in [0.25, 0.3) is 0 Å². The van der Waals surface area contributed by atoms with Crippen LogP contribution >= 0.6 is 0 Å². The smallest absolute Gasteiger partial charge is 0.108 e. The zero-order valence-corrected chi connectivity index (χ0v) is 8.97. The van der Waals surface area contributed by atoms with Crippen molar-refractivity contribution in [2.75, 3.05) is 6.54 Å². The van der Waals surface area contributed by atoms with E-state index in [9.17, 15) is 5.11 Å². The largest absolute Gasteiger partial charge is 0.509 e. The van der Waals surface area contributed by atoms with Crippen molar-refractivity contribution in [2.45, 2.75) is 37.9 Å². The third kappa shape index (κ3) is 9.46. The highest BCUT2D eigenvalue weighted by atomic mass is 16.3. The minimum atomic E-state index is -0.618. The molecule has 4 heteroatoms. The molecule has 0 aromatic carbocycles. The van der Waals surface area contributed by atoms with Gasteiger partial charge < -0.3 is 21.1 Å². The lowest BCUT2D eigenvalue weighted by molar-refractivity contribution is 0.0790. The van der Waals surface area contributed by atoms with Crippen LogP contribution in [0.3, 0.4) is 0 Å². The maximum Gasteiger partial charge on any atom is 0.108 e. The molecule has 0 amide bonds. The molecule has 0 aromatic rings. The third-order valence-electron chi connectivity index (χ3n) is 2.03. The van der Waals surface area contributed by atoms with E-state index in [1.165, 1.54) is 6.08 Å². The summed E-state index contributed by atoms with van der Waals surface area (Å²) in [7, 11) is 0. The Kier molecular flexibility index (Phi) is 7.99. The summed E-state index contributed by atoms with van der Waals surface area (Å²) in [6.45, 7) is 3.49. The highest BCUT2D eigenvalue weighted by molar-refractivity contribution is 5.04. The van der Waals surface area contributed by atoms with Crippen LogP contribution in [0.5, 0.6) is 0 Å². The van der Waals surface area contributed by atoms with Crippen molar-refractivity contribution in [1.29, 1.82) is 0 Å². The van der Waals surface area contributed by atoms with Crippen molar-refractivity contribution >= 4 is 0 Å². The molecule has 4 nitrogen and oxygen atoms in total. The van der Waals surface area contributed by atoms with E-state index >= 15 is 0 Å². The summed E-state index contributed by atoms with van der Waals surface area (Å²) in [6, 6.07) is 0. The lowest BCUT2D eigenvalue weighted by Gasteiger charge is -2.13. The molecule has 0 saturated carbocycles. The highest BCUT2D eigenvalue weighted by Gasteiger charge is 2.09. The summed E-state index contributed by atoms with van der Waals surface area (Å²) < 4.78 is 0. The second kappa shape index (κ2) is 8.47. The third-order valence-corrected chi connectivity index (χ3v) is 2.03. The molecule has 0 bridgehead atoms. The molecule has 0 aliphatic carbocycles. The van der Waals surface area contributed by atoms with Crippen molar-refractivity contribution in [3.63, 3.8) is 0 Å². The van der Waals surface area contributed by atoms with Gasteiger partial charge in [-0.05, 0) is 25.3 Å². The van der Waals surface area contributed by atoms with Gasteiger partial charge in [0.05, 0.1) is 12.2 Å². The number of aliphatic hydroxyl groups is 3. The number of hydrogen-bond acceptors (Lipinski definition) is 4. The fourth-order valence-electron chi connectivity index (χ4n) is 1.22. The van der Waals surface area contributed by atoms with Gasteiger partial charge in [0.2, 0.25) is 0 Å². The van der Waals surface area contributed by atoms with Crippen molar-refractivity contribution in [2.24, 2.45) is 5.73 Å². The summed E-state index contributed by atoms with van der Waals surface area (Å²) in [5.74, 6) is 0.0362. The second-order valence-corrected chi connectivity index (χ2v) is 3.60. The molecular weight excluding hydrogens is 194 g/mol. The molecule has 0 aliphatic heterocycles. The quantitative estimate of drug-likeness (QED) is 0.275. The minimum absolute atomic E-state index is 0.0362. The van der Waals surface area contributed by atoms with Crippen LogP contribution in [0.15, 0.2) is 24.5 Å². The average Bonchev–Trinajstić information content (AvgIpc) is 2.16. The first-order valence-electron chi connectivity index (χ1n) is 5.17. The number of unbranched alkanes of at least 4 members (excludes halogenated alkanes) is 1. The van der Waals surface area contributed by atoms with Crippen molar-refractivity contribution in [3.8, 4) is 0 Å². The van der Waals surface area contributed by atoms with Crippen LogP contribution in [0.2, 0.25) is 0 Å². The molecule has 0 spiro atoms. The second-order valence-electron chi connectivity index (χ2n) is 3.60. The lowest BCUT2D eigenvalue weighted by atomic mass is 10.1. The number of hydrogen-bond donors (Lipinski definition) is 4. The van der Waals surface area contributed by atoms with Crippen LogP contribution in [0.1, 0.15) is 25.7 Å². The van der Waals surface area contributed by atoms with Crippen LogP contribution in [-0.2, 0) is 0 Å². The molecule has 0 radical (unpaired) electrons. The lowest BCUT2D eigenvalue weighted by Crippen LogP contribution is -2.25. The highest BCUT2D eigenvalue weighted by Crippen LogP contribution is 2.07. The molecule has 2 unspecified atom stereocenters. The van der Waals surface area contributed by atoms with E-state index in [2.05, 4.69) is 6.58 Å². The molecule has 0 rings (SSSR count). The van der Waals surface area contributed by atoms with Crippen molar-refractivity contribution in [1.82, 2.24) is 0 Å². The molecule has 0 aromatic heterocycles. The van der Waals surface area contributed by atoms with E-state index in [0.29, 0.717) is 12.8 Å². The summed E-state index contributed by atoms with van der Waals surface area (Å²) in [5, 5.41) is 27.3. The van der Waals surface area contributed by atoms with Crippen LogP contribution in [-0.4, -0.2) is 34.1 Å². The summed E-state index contributed by atoms with van der Waals surface area (Å²) >= 11 is 0. The number of rotatable bonds is 8. The van der Waals surface area contributed by atoms with Gasteiger partial charge in [0.15, 0.2) is 0 Å². The Morgan fingerprint density at radius 3 is 2.53 bits per heavy atom. The molecule has 0 aliphatic rings. The Hall–Kier alpha value is -0.840. The van der Waals surface area contributed by atoms with Gasteiger partial charge in [-0.1, -0.05) is 12.7 Å². The maximum atomic E-state index is 9.45. The normalized spacial score (nSPS) is 15.4. The molecule has 5 N–H and O–H groups in total. The summed E-state index contributed by atoms with van der Waals surface area (Å²) in [5.41, 5.74) is 5.22. The van der Waals surface area contributed by atoms with Crippen LogP contribution in [0.25, 0.3) is 0 Å². The van der Waals surface area contributed by atoms with E-state index in [4.69, 9.17) is 15.9 Å². The minimum Gasteiger partial charge on any atom is -0.509 e. The Morgan fingerprint density at radius 1 is 1.33 bits per heavy atom. The topological polar surface area (TPSA) is 86.7 Å². The number of allylic oxidation sites excluding steroid dienone is 2. The van der Waals surface area contributed by atoms with E-state index in [1.54, 1.807) is 6.08 Å². The van der Waals surface area contributed by atoms with Crippen LogP contribution < -0.4 is 5.73 Å². The fourth-order valence-corrected chi connectivity index (χ4v) is 1.22. The van der Waals surface area contributed by atoms with Gasteiger partial charge in [-0.15, -0.1) is 0 Å². The van der Waals surface area contributed by atoms with Gasteiger partial charge >= 0.3 is 0 Å². The van der Waals surface area contributed by atoms with Crippen molar-refractivity contribution in [3.05, 3.63) is 24.5 Å². The summed E-state index contributed by atoms with van der Waals surface area (Å²) in [4.78, 5) is 0. The summed E-state index contributed by atoms with van der Waals surface area (Å²) in [6.07, 6.45) is 4.74. The first kappa shape index (κ1) is 14.2. The maximum absolute atomic E-state index is 9.45. The molecule has 0 heterocycles. The molecule has 2 atom stereocenters. The van der Waals surface area contributed by atoms with Crippen LogP contribution in [0.4, 0.5) is 0 Å². The van der Waals surface area contributed by atoms with E-state index in [1.807, 2.05) is 0 Å². The SMILES string of the molecule is C=C(O)/C=C/CCCC(O)CC(O)CN. The van der Waals surface area contributed by atoms with Gasteiger partial charge in [-0.25, -0.2) is 0 Å². The Bertz CT molecular complexity index is 204. The van der Waals surface area contributed by atoms with Gasteiger partial charge in [0, 0.05) is 13.0 Å². The van der Waals surface area contributed by atoms with E-state index < -0.39 is 12.2 Å². The molecule has 0 saturated heterocycles. The average molecular weight is 215 g/mol. The van der Waals surface area contributed by atoms with Gasteiger partial charge in [-0.2, -0.15) is 0 Å². The predicted octanol–water partition coefficient (Wildman–Crippen LogP) is 0.855. The van der Waals surface area contributed by atoms with E-state index in [0.717, 1.165) is 12.8 Å². The number of nitrogens with two attached hydrogens (primary N) is 1. The molecule has 15 heavy (non-hydrogen) atoms. The standard InChI is InChI=1S/C11H21NO3/c1-9(13)5-3-2-4-6-10(14)7-11(15)8-12/h3,5,10-11,13-15H,1-2,4,6-8,12H2/b5-3+. The fraction of sp³-hybridized carbons (Fsp3) is 0.636. The first-order valence-corrected chi connectivity index (χ1v) is 5.17. The molecule has 88 valence electrons. The van der Waals surface area contributed by atoms with E-state index in [-0.39, 0.29) is 12.3 Å². The first-order chi connectivity index (χ1) is 7.06. The van der Waals surface area contributed by atoms with Crippen molar-refractivity contribution < 1.29 is 15.3 Å². The molecule has 0 fully saturated rings. The predicted molar refractivity (Wildman–Crippen MR) is 60.4 cm³/mol. The number of aliphatic hydroxyl groups excluding tert-OH is 3. The Balaban J connectivity index is 3.46. The Labute approximate surface area is 90.7 Å². The van der Waals surface area contributed by atoms with Gasteiger partial charge in [-0.3, -0.25) is 0 Å². The molecular formula is C11H21NO3. The zero-order valence-electron chi connectivity index (χ0n) is 8.97. The Morgan fingerprint density at radius 2 is 2.00 bits per heavy atom. The van der Waals surface area contributed by atoms with Crippen LogP contribution in [0, 0.1) is 0 Å².